The number of aryl methyl sites for hydroxylation is 1. The number of rotatable bonds is 6. The fraction of sp³-hybridized carbons (Fsp3) is 0.353. The smallest absolute Gasteiger partial charge is 0.285 e. The summed E-state index contributed by atoms with van der Waals surface area (Å²) in [6.07, 6.45) is 2.03. The highest BCUT2D eigenvalue weighted by atomic mass is 32.2. The zero-order valence-electron chi connectivity index (χ0n) is 14.0. The van der Waals surface area contributed by atoms with Crippen molar-refractivity contribution in [2.75, 3.05) is 7.11 Å². The highest BCUT2D eigenvalue weighted by Gasteiger charge is 2.30. The Kier molecular flexibility index (Phi) is 4.71. The fourth-order valence-electron chi connectivity index (χ4n) is 2.50. The zero-order valence-corrected chi connectivity index (χ0v) is 14.8. The molecule has 0 radical (unpaired) electrons. The first-order valence-electron chi connectivity index (χ1n) is 7.90. The Morgan fingerprint density at radius 2 is 2.00 bits per heavy atom. The lowest BCUT2D eigenvalue weighted by atomic mass is 10.1. The standard InChI is InChI=1S/C17H19N3O4S/c1-11-5-3-4-6-13(11)10-25(22,23)20-17(21)14-9-15(24-2)16(19-18-14)12-7-8-12/h3-6,9,12H,7-8,10H2,1-2H3,(H,20,21). The Morgan fingerprint density at radius 3 is 2.64 bits per heavy atom. The third kappa shape index (κ3) is 4.14. The summed E-state index contributed by atoms with van der Waals surface area (Å²) >= 11 is 0. The van der Waals surface area contributed by atoms with Gasteiger partial charge in [0.2, 0.25) is 10.0 Å². The van der Waals surface area contributed by atoms with Crippen LogP contribution in [0.5, 0.6) is 5.75 Å². The molecule has 0 spiro atoms. The van der Waals surface area contributed by atoms with E-state index in [1.165, 1.54) is 13.2 Å². The van der Waals surface area contributed by atoms with E-state index in [2.05, 4.69) is 10.2 Å². The molecule has 1 heterocycles. The molecule has 8 heteroatoms. The largest absolute Gasteiger partial charge is 0.495 e. The summed E-state index contributed by atoms with van der Waals surface area (Å²) < 4.78 is 31.8. The molecule has 0 saturated heterocycles. The molecule has 1 aliphatic rings. The van der Waals surface area contributed by atoms with Crippen molar-refractivity contribution in [3.63, 3.8) is 0 Å². The van der Waals surface area contributed by atoms with E-state index < -0.39 is 15.9 Å². The molecule has 1 aromatic carbocycles. The monoisotopic (exact) mass is 361 g/mol. The van der Waals surface area contributed by atoms with Gasteiger partial charge in [-0.05, 0) is 30.9 Å². The third-order valence-electron chi connectivity index (χ3n) is 4.06. The summed E-state index contributed by atoms with van der Waals surface area (Å²) in [5.74, 6) is -0.333. The fourth-order valence-corrected chi connectivity index (χ4v) is 3.70. The van der Waals surface area contributed by atoms with Gasteiger partial charge >= 0.3 is 0 Å². The number of ether oxygens (including phenoxy) is 1. The second-order valence-corrected chi connectivity index (χ2v) is 7.80. The molecule has 1 aliphatic carbocycles. The topological polar surface area (TPSA) is 98.2 Å². The van der Waals surface area contributed by atoms with Crippen LogP contribution < -0.4 is 9.46 Å². The van der Waals surface area contributed by atoms with E-state index in [0.717, 1.165) is 18.4 Å². The molecule has 25 heavy (non-hydrogen) atoms. The lowest BCUT2D eigenvalue weighted by Crippen LogP contribution is -2.32. The van der Waals surface area contributed by atoms with Crippen LogP contribution >= 0.6 is 0 Å². The number of carbonyl (C=O) groups excluding carboxylic acids is 1. The quantitative estimate of drug-likeness (QED) is 0.844. The summed E-state index contributed by atoms with van der Waals surface area (Å²) in [5, 5.41) is 7.88. The third-order valence-corrected chi connectivity index (χ3v) is 5.24. The number of nitrogens with zero attached hydrogens (tertiary/aromatic N) is 2. The Bertz CT molecular complexity index is 908. The van der Waals surface area contributed by atoms with Gasteiger partial charge in [0.15, 0.2) is 5.69 Å². The molecule has 0 bridgehead atoms. The first-order chi connectivity index (χ1) is 11.9. The number of benzene rings is 1. The van der Waals surface area contributed by atoms with Gasteiger partial charge in [0.25, 0.3) is 5.91 Å². The molecule has 1 amide bonds. The van der Waals surface area contributed by atoms with E-state index in [-0.39, 0.29) is 11.4 Å². The SMILES string of the molecule is COc1cc(C(=O)NS(=O)(=O)Cc2ccccc2C)nnc1C1CC1. The van der Waals surface area contributed by atoms with Gasteiger partial charge in [-0.2, -0.15) is 5.10 Å². The number of amides is 1. The average molecular weight is 361 g/mol. The number of hydrogen-bond acceptors (Lipinski definition) is 6. The van der Waals surface area contributed by atoms with Crippen molar-refractivity contribution >= 4 is 15.9 Å². The maximum Gasteiger partial charge on any atom is 0.285 e. The van der Waals surface area contributed by atoms with Gasteiger partial charge in [-0.25, -0.2) is 13.1 Å². The van der Waals surface area contributed by atoms with Gasteiger partial charge in [0.05, 0.1) is 12.9 Å². The maximum atomic E-state index is 12.3. The van der Waals surface area contributed by atoms with Crippen molar-refractivity contribution < 1.29 is 17.9 Å². The minimum absolute atomic E-state index is 0.0883. The summed E-state index contributed by atoms with van der Waals surface area (Å²) in [4.78, 5) is 12.3. The maximum absolute atomic E-state index is 12.3. The van der Waals surface area contributed by atoms with Crippen molar-refractivity contribution in [1.82, 2.24) is 14.9 Å². The van der Waals surface area contributed by atoms with Crippen molar-refractivity contribution in [2.45, 2.75) is 31.4 Å². The normalized spacial score (nSPS) is 14.2. The van der Waals surface area contributed by atoms with Crippen LogP contribution in [0.15, 0.2) is 30.3 Å². The van der Waals surface area contributed by atoms with Gasteiger partial charge in [0, 0.05) is 12.0 Å². The van der Waals surface area contributed by atoms with E-state index in [0.29, 0.717) is 22.9 Å². The van der Waals surface area contributed by atoms with E-state index in [1.54, 1.807) is 12.1 Å². The summed E-state index contributed by atoms with van der Waals surface area (Å²) in [6, 6.07) is 8.55. The van der Waals surface area contributed by atoms with E-state index in [1.807, 2.05) is 23.8 Å². The lowest BCUT2D eigenvalue weighted by Gasteiger charge is -2.10. The average Bonchev–Trinajstić information content (AvgIpc) is 3.40. The number of sulfonamides is 1. The molecular formula is C17H19N3O4S. The first-order valence-corrected chi connectivity index (χ1v) is 9.56. The van der Waals surface area contributed by atoms with Gasteiger partial charge in [0.1, 0.15) is 11.4 Å². The number of hydrogen-bond donors (Lipinski definition) is 1. The molecule has 132 valence electrons. The van der Waals surface area contributed by atoms with Crippen LogP contribution in [-0.2, 0) is 15.8 Å². The van der Waals surface area contributed by atoms with Crippen LogP contribution in [0, 0.1) is 6.92 Å². The molecule has 2 aromatic rings. The van der Waals surface area contributed by atoms with Crippen molar-refractivity contribution in [3.05, 3.63) is 52.8 Å². The second-order valence-electron chi connectivity index (χ2n) is 6.07. The zero-order chi connectivity index (χ0) is 18.0. The minimum Gasteiger partial charge on any atom is -0.495 e. The summed E-state index contributed by atoms with van der Waals surface area (Å²) in [5.41, 5.74) is 2.10. The molecule has 7 nitrogen and oxygen atoms in total. The Hall–Kier alpha value is -2.48. The van der Waals surface area contributed by atoms with Gasteiger partial charge in [-0.3, -0.25) is 4.79 Å². The van der Waals surface area contributed by atoms with Gasteiger partial charge in [-0.15, -0.1) is 5.10 Å². The molecule has 0 unspecified atom stereocenters. The van der Waals surface area contributed by atoms with E-state index in [4.69, 9.17) is 4.74 Å². The molecule has 3 rings (SSSR count). The van der Waals surface area contributed by atoms with Crippen LogP contribution in [0.1, 0.15) is 46.1 Å². The minimum atomic E-state index is -3.85. The van der Waals surface area contributed by atoms with Crippen LogP contribution in [-0.4, -0.2) is 31.6 Å². The van der Waals surface area contributed by atoms with E-state index >= 15 is 0 Å². The van der Waals surface area contributed by atoms with Crippen molar-refractivity contribution in [2.24, 2.45) is 0 Å². The van der Waals surface area contributed by atoms with Gasteiger partial charge in [-0.1, -0.05) is 24.3 Å². The summed E-state index contributed by atoms with van der Waals surface area (Å²) in [6.45, 7) is 1.82. The second kappa shape index (κ2) is 6.79. The Balaban J connectivity index is 1.76. The molecule has 0 atom stereocenters. The van der Waals surface area contributed by atoms with Gasteiger partial charge < -0.3 is 4.74 Å². The highest BCUT2D eigenvalue weighted by molar-refractivity contribution is 7.89. The Morgan fingerprint density at radius 1 is 1.28 bits per heavy atom. The molecule has 0 aliphatic heterocycles. The lowest BCUT2D eigenvalue weighted by molar-refractivity contribution is 0.0975. The van der Waals surface area contributed by atoms with Crippen LogP contribution in [0.25, 0.3) is 0 Å². The predicted octanol–water partition coefficient (Wildman–Crippen LogP) is 1.93. The number of carbonyl (C=O) groups is 1. The van der Waals surface area contributed by atoms with Crippen molar-refractivity contribution in [1.29, 1.82) is 0 Å². The van der Waals surface area contributed by atoms with Crippen LogP contribution in [0.2, 0.25) is 0 Å². The molecular weight excluding hydrogens is 342 g/mol. The first kappa shape index (κ1) is 17.3. The van der Waals surface area contributed by atoms with Crippen molar-refractivity contribution in [3.8, 4) is 5.75 Å². The molecule has 1 N–H and O–H groups in total. The van der Waals surface area contributed by atoms with Crippen LogP contribution in [0.4, 0.5) is 0 Å². The highest BCUT2D eigenvalue weighted by Crippen LogP contribution is 2.42. The molecule has 1 saturated carbocycles. The number of nitrogens with one attached hydrogen (secondary N) is 1. The summed E-state index contributed by atoms with van der Waals surface area (Å²) in [7, 11) is -2.36. The number of methoxy groups -OCH3 is 1. The Labute approximate surface area is 146 Å². The van der Waals surface area contributed by atoms with E-state index in [9.17, 15) is 13.2 Å². The molecule has 1 aromatic heterocycles. The molecule has 1 fully saturated rings. The van der Waals surface area contributed by atoms with Crippen LogP contribution in [0.3, 0.4) is 0 Å². The predicted molar refractivity (Wildman–Crippen MR) is 91.8 cm³/mol. The number of aromatic nitrogens is 2.